The summed E-state index contributed by atoms with van der Waals surface area (Å²) >= 11 is 0. The first-order valence-electron chi connectivity index (χ1n) is 9.69. The Balaban J connectivity index is 1.50. The van der Waals surface area contributed by atoms with Gasteiger partial charge in [-0.15, -0.1) is 0 Å². The molecule has 2 aromatic carbocycles. The lowest BCUT2D eigenvalue weighted by Gasteiger charge is -2.26. The molecule has 1 fully saturated rings. The Labute approximate surface area is 160 Å². The molecule has 0 heterocycles. The van der Waals surface area contributed by atoms with Crippen molar-refractivity contribution in [3.05, 3.63) is 54.6 Å². The van der Waals surface area contributed by atoms with Crippen molar-refractivity contribution in [3.8, 4) is 11.5 Å². The number of aliphatic hydroxyl groups excluding tert-OH is 1. The quantitative estimate of drug-likeness (QED) is 0.688. The average Bonchev–Trinajstić information content (AvgIpc) is 2.70. The van der Waals surface area contributed by atoms with Crippen molar-refractivity contribution in [3.63, 3.8) is 0 Å². The molecule has 0 spiro atoms. The second-order valence-electron chi connectivity index (χ2n) is 7.28. The average molecular weight is 368 g/mol. The van der Waals surface area contributed by atoms with E-state index in [2.05, 4.69) is 5.32 Å². The summed E-state index contributed by atoms with van der Waals surface area (Å²) < 4.78 is 5.73. The van der Waals surface area contributed by atoms with Gasteiger partial charge in [0.2, 0.25) is 0 Å². The smallest absolute Gasteiger partial charge is 0.254 e. The number of nitrogens with two attached hydrogens (primary N) is 1. The number of carbonyl (C=O) groups is 1. The molecule has 1 aliphatic rings. The van der Waals surface area contributed by atoms with Crippen molar-refractivity contribution < 1.29 is 14.6 Å². The number of aliphatic hydroxyl groups is 1. The summed E-state index contributed by atoms with van der Waals surface area (Å²) in [5.74, 6) is 1.48. The van der Waals surface area contributed by atoms with Gasteiger partial charge in [0.05, 0.1) is 0 Å². The maximum absolute atomic E-state index is 12.3. The van der Waals surface area contributed by atoms with Crippen LogP contribution < -0.4 is 15.8 Å². The van der Waals surface area contributed by atoms with E-state index in [0.29, 0.717) is 23.8 Å². The number of hydrogen-bond donors (Lipinski definition) is 3. The number of amides is 1. The van der Waals surface area contributed by atoms with Gasteiger partial charge in [-0.25, -0.2) is 0 Å². The van der Waals surface area contributed by atoms with Gasteiger partial charge in [-0.3, -0.25) is 4.79 Å². The van der Waals surface area contributed by atoms with E-state index >= 15 is 0 Å². The third-order valence-corrected chi connectivity index (χ3v) is 5.11. The highest BCUT2D eigenvalue weighted by Gasteiger charge is 2.26. The van der Waals surface area contributed by atoms with Crippen LogP contribution in [0.15, 0.2) is 54.6 Å². The molecule has 3 rings (SSSR count). The number of nitrogens with one attached hydrogen (secondary N) is 1. The molecule has 0 aliphatic heterocycles. The first-order chi connectivity index (χ1) is 13.1. The molecule has 5 heteroatoms. The predicted molar refractivity (Wildman–Crippen MR) is 107 cm³/mol. The number of carbonyl (C=O) groups excluding carboxylic acids is 1. The normalized spacial score (nSPS) is 17.1. The molecule has 0 aromatic heterocycles. The first-order valence-corrected chi connectivity index (χ1v) is 9.69. The van der Waals surface area contributed by atoms with E-state index in [1.807, 2.05) is 30.3 Å². The minimum Gasteiger partial charge on any atom is -0.457 e. The molecule has 5 nitrogen and oxygen atoms in total. The van der Waals surface area contributed by atoms with Crippen LogP contribution in [0.4, 0.5) is 5.69 Å². The Morgan fingerprint density at radius 2 is 1.67 bits per heavy atom. The molecular weight excluding hydrogens is 340 g/mol. The number of anilines is 1. The van der Waals surface area contributed by atoms with Crippen molar-refractivity contribution in [1.82, 2.24) is 0 Å². The number of ether oxygens (including phenoxy) is 1. The van der Waals surface area contributed by atoms with Crippen LogP contribution in [0.3, 0.4) is 0 Å². The molecule has 0 bridgehead atoms. The maximum atomic E-state index is 12.3. The van der Waals surface area contributed by atoms with Gasteiger partial charge in [-0.2, -0.15) is 0 Å². The van der Waals surface area contributed by atoms with E-state index in [0.717, 1.165) is 18.6 Å². The third-order valence-electron chi connectivity index (χ3n) is 5.11. The van der Waals surface area contributed by atoms with Gasteiger partial charge in [0.1, 0.15) is 17.6 Å². The fourth-order valence-electron chi connectivity index (χ4n) is 3.58. The second kappa shape index (κ2) is 9.53. The summed E-state index contributed by atoms with van der Waals surface area (Å²) in [6.07, 6.45) is 5.49. The minimum absolute atomic E-state index is 0.463. The zero-order valence-electron chi connectivity index (χ0n) is 15.5. The highest BCUT2D eigenvalue weighted by atomic mass is 16.5. The van der Waals surface area contributed by atoms with E-state index in [4.69, 9.17) is 10.5 Å². The Morgan fingerprint density at radius 3 is 2.33 bits per heavy atom. The van der Waals surface area contributed by atoms with Crippen molar-refractivity contribution in [2.75, 3.05) is 5.32 Å². The Morgan fingerprint density at radius 1 is 1.04 bits per heavy atom. The van der Waals surface area contributed by atoms with Crippen LogP contribution >= 0.6 is 0 Å². The monoisotopic (exact) mass is 368 g/mol. The van der Waals surface area contributed by atoms with Gasteiger partial charge < -0.3 is 20.9 Å². The van der Waals surface area contributed by atoms with Crippen LogP contribution in [0.1, 0.15) is 38.5 Å². The number of rotatable bonds is 7. The van der Waals surface area contributed by atoms with Gasteiger partial charge in [0, 0.05) is 11.7 Å². The zero-order valence-corrected chi connectivity index (χ0v) is 15.5. The largest absolute Gasteiger partial charge is 0.457 e. The zero-order chi connectivity index (χ0) is 19.1. The lowest BCUT2D eigenvalue weighted by Crippen LogP contribution is -2.44. The van der Waals surface area contributed by atoms with Gasteiger partial charge in [0.25, 0.3) is 5.91 Å². The highest BCUT2D eigenvalue weighted by Crippen LogP contribution is 2.28. The SMILES string of the molecule is NC(CC1CCCCC1)C(O)C(=O)Nc1ccc(Oc2ccccc2)cc1. The molecule has 1 aliphatic carbocycles. The van der Waals surface area contributed by atoms with Crippen LogP contribution in [0.5, 0.6) is 11.5 Å². The maximum Gasteiger partial charge on any atom is 0.254 e. The Hall–Kier alpha value is -2.37. The molecular formula is C22H28N2O3. The molecule has 0 saturated heterocycles. The molecule has 2 unspecified atom stereocenters. The van der Waals surface area contributed by atoms with E-state index in [9.17, 15) is 9.90 Å². The fraction of sp³-hybridized carbons (Fsp3) is 0.409. The molecule has 1 amide bonds. The highest BCUT2D eigenvalue weighted by molar-refractivity contribution is 5.94. The van der Waals surface area contributed by atoms with Crippen molar-refractivity contribution in [2.45, 2.75) is 50.7 Å². The van der Waals surface area contributed by atoms with Gasteiger partial charge in [0.15, 0.2) is 0 Å². The van der Waals surface area contributed by atoms with E-state index in [-0.39, 0.29) is 0 Å². The van der Waals surface area contributed by atoms with Crippen LogP contribution in [0.2, 0.25) is 0 Å². The van der Waals surface area contributed by atoms with Crippen molar-refractivity contribution >= 4 is 11.6 Å². The van der Waals surface area contributed by atoms with Crippen LogP contribution in [0, 0.1) is 5.92 Å². The number of hydrogen-bond acceptors (Lipinski definition) is 4. The van der Waals surface area contributed by atoms with Crippen molar-refractivity contribution in [2.24, 2.45) is 11.7 Å². The summed E-state index contributed by atoms with van der Waals surface area (Å²) in [4.78, 5) is 12.3. The molecule has 1 saturated carbocycles. The summed E-state index contributed by atoms with van der Waals surface area (Å²) in [6.45, 7) is 0. The van der Waals surface area contributed by atoms with Gasteiger partial charge in [-0.1, -0.05) is 50.3 Å². The predicted octanol–water partition coefficient (Wildman–Crippen LogP) is 4.08. The molecule has 144 valence electrons. The van der Waals surface area contributed by atoms with E-state index in [1.54, 1.807) is 24.3 Å². The Bertz CT molecular complexity index is 712. The Kier molecular flexibility index (Phi) is 6.85. The lowest BCUT2D eigenvalue weighted by molar-refractivity contribution is -0.125. The van der Waals surface area contributed by atoms with Crippen molar-refractivity contribution in [1.29, 1.82) is 0 Å². The standard InChI is InChI=1S/C22H28N2O3/c23-20(15-16-7-3-1-4-8-16)21(25)22(26)24-17-11-13-19(14-12-17)27-18-9-5-2-6-10-18/h2,5-6,9-14,16,20-21,25H,1,3-4,7-8,15,23H2,(H,24,26). The van der Waals surface area contributed by atoms with Gasteiger partial charge >= 0.3 is 0 Å². The van der Waals surface area contributed by atoms with Crippen LogP contribution in [-0.4, -0.2) is 23.2 Å². The van der Waals surface area contributed by atoms with Crippen LogP contribution in [0.25, 0.3) is 0 Å². The summed E-state index contributed by atoms with van der Waals surface area (Å²) in [5.41, 5.74) is 6.68. The van der Waals surface area contributed by atoms with Gasteiger partial charge in [-0.05, 0) is 48.7 Å². The minimum atomic E-state index is -1.20. The summed E-state index contributed by atoms with van der Waals surface area (Å²) in [7, 11) is 0. The van der Waals surface area contributed by atoms with Crippen LogP contribution in [-0.2, 0) is 4.79 Å². The molecule has 2 aromatic rings. The molecule has 0 radical (unpaired) electrons. The molecule has 27 heavy (non-hydrogen) atoms. The van der Waals surface area contributed by atoms with E-state index < -0.39 is 18.1 Å². The summed E-state index contributed by atoms with van der Waals surface area (Å²) in [5, 5.41) is 13.0. The molecule has 4 N–H and O–H groups in total. The number of benzene rings is 2. The van der Waals surface area contributed by atoms with E-state index in [1.165, 1.54) is 19.3 Å². The first kappa shape index (κ1) is 19.4. The number of para-hydroxylation sites is 1. The topological polar surface area (TPSA) is 84.6 Å². The summed E-state index contributed by atoms with van der Waals surface area (Å²) in [6, 6.07) is 16.0. The fourth-order valence-corrected chi connectivity index (χ4v) is 3.58. The second-order valence-corrected chi connectivity index (χ2v) is 7.28. The third kappa shape index (κ3) is 5.81. The molecule has 2 atom stereocenters. The lowest BCUT2D eigenvalue weighted by atomic mass is 9.84.